The zero-order valence-electron chi connectivity index (χ0n) is 16.3. The van der Waals surface area contributed by atoms with Crippen LogP contribution >= 0.6 is 27.5 Å². The Labute approximate surface area is 182 Å². The third-order valence-electron chi connectivity index (χ3n) is 4.39. The fraction of sp³-hybridized carbons (Fsp3) is 0.238. The van der Waals surface area contributed by atoms with Gasteiger partial charge in [-0.1, -0.05) is 39.7 Å². The number of hydrogen-bond acceptors (Lipinski definition) is 4. The number of nitrogens with one attached hydrogen (secondary N) is 1. The highest BCUT2D eigenvalue weighted by molar-refractivity contribution is 9.10. The van der Waals surface area contributed by atoms with E-state index in [0.717, 1.165) is 15.6 Å². The zero-order valence-corrected chi connectivity index (χ0v) is 18.6. The summed E-state index contributed by atoms with van der Waals surface area (Å²) in [7, 11) is 3.48. The number of benzene rings is 2. The van der Waals surface area contributed by atoms with Crippen LogP contribution in [-0.2, 0) is 11.8 Å². The van der Waals surface area contributed by atoms with Crippen LogP contribution in [0.25, 0.3) is 0 Å². The molecule has 3 aromatic rings. The maximum atomic E-state index is 12.7. The number of amides is 1. The van der Waals surface area contributed by atoms with Gasteiger partial charge in [-0.3, -0.25) is 4.79 Å². The van der Waals surface area contributed by atoms with Crippen molar-refractivity contribution < 1.29 is 14.3 Å². The van der Waals surface area contributed by atoms with Crippen LogP contribution in [0.1, 0.15) is 23.0 Å². The van der Waals surface area contributed by atoms with E-state index in [2.05, 4.69) is 26.2 Å². The molecule has 0 fully saturated rings. The van der Waals surface area contributed by atoms with Crippen molar-refractivity contribution in [1.29, 1.82) is 0 Å². The highest BCUT2D eigenvalue weighted by Crippen LogP contribution is 2.32. The molecular formula is C21H21BrClN3O3. The van der Waals surface area contributed by atoms with E-state index in [1.807, 2.05) is 55.1 Å². The molecule has 29 heavy (non-hydrogen) atoms. The zero-order chi connectivity index (χ0) is 21.0. The first-order valence-electron chi connectivity index (χ1n) is 8.88. The van der Waals surface area contributed by atoms with E-state index in [4.69, 9.17) is 21.1 Å². The van der Waals surface area contributed by atoms with E-state index in [1.54, 1.807) is 19.4 Å². The van der Waals surface area contributed by atoms with Crippen LogP contribution < -0.4 is 14.8 Å². The second-order valence-corrected chi connectivity index (χ2v) is 7.82. The van der Waals surface area contributed by atoms with E-state index >= 15 is 0 Å². The number of rotatable bonds is 7. The van der Waals surface area contributed by atoms with Crippen LogP contribution in [-0.4, -0.2) is 29.2 Å². The molecule has 2 aromatic carbocycles. The molecule has 1 N–H and O–H groups in total. The number of nitrogens with zero attached hydrogens (tertiary/aromatic N) is 2. The van der Waals surface area contributed by atoms with E-state index in [0.29, 0.717) is 22.3 Å². The predicted octanol–water partition coefficient (Wildman–Crippen LogP) is 4.44. The number of aromatic nitrogens is 2. The lowest BCUT2D eigenvalue weighted by molar-refractivity contribution is -0.123. The minimum Gasteiger partial charge on any atom is -0.497 e. The molecule has 1 aromatic heterocycles. The highest BCUT2D eigenvalue weighted by Gasteiger charge is 2.22. The number of carbonyl (C=O) groups is 1. The van der Waals surface area contributed by atoms with Crippen LogP contribution in [0.15, 0.2) is 53.3 Å². The highest BCUT2D eigenvalue weighted by atomic mass is 79.9. The normalized spacial score (nSPS) is 11.8. The summed E-state index contributed by atoms with van der Waals surface area (Å²) in [6, 6.07) is 10.7. The van der Waals surface area contributed by atoms with Crippen molar-refractivity contribution in [1.82, 2.24) is 14.9 Å². The molecule has 3 rings (SSSR count). The van der Waals surface area contributed by atoms with Gasteiger partial charge in [-0.2, -0.15) is 0 Å². The van der Waals surface area contributed by atoms with Crippen molar-refractivity contribution in [2.75, 3.05) is 13.7 Å². The summed E-state index contributed by atoms with van der Waals surface area (Å²) in [6.45, 7) is 1.70. The minimum absolute atomic E-state index is 0.174. The Bertz CT molecular complexity index is 999. The third kappa shape index (κ3) is 5.10. The summed E-state index contributed by atoms with van der Waals surface area (Å²) in [6.07, 6.45) is 3.52. The molecule has 1 amide bonds. The lowest BCUT2D eigenvalue weighted by atomic mass is 10.1. The van der Waals surface area contributed by atoms with E-state index < -0.39 is 6.04 Å². The molecule has 0 unspecified atom stereocenters. The molecule has 0 spiro atoms. The molecule has 6 nitrogen and oxygen atoms in total. The van der Waals surface area contributed by atoms with Crippen LogP contribution in [0.3, 0.4) is 0 Å². The fourth-order valence-electron chi connectivity index (χ4n) is 2.99. The van der Waals surface area contributed by atoms with Gasteiger partial charge in [0.15, 0.2) is 6.61 Å². The lowest BCUT2D eigenvalue weighted by Crippen LogP contribution is -2.34. The van der Waals surface area contributed by atoms with Gasteiger partial charge < -0.3 is 19.4 Å². The molecule has 0 aliphatic carbocycles. The first-order chi connectivity index (χ1) is 13.9. The maximum Gasteiger partial charge on any atom is 0.258 e. The van der Waals surface area contributed by atoms with Gasteiger partial charge in [0.1, 0.15) is 23.4 Å². The molecule has 0 radical (unpaired) electrons. The Balaban J connectivity index is 1.79. The fourth-order valence-corrected chi connectivity index (χ4v) is 4.01. The SMILES string of the molecule is COc1cccc([C@@H](NC(=O)COc2c(C)cc(Br)cc2Cl)c2nccn2C)c1. The number of ether oxygens (including phenoxy) is 2. The van der Waals surface area contributed by atoms with Gasteiger partial charge in [0.25, 0.3) is 5.91 Å². The summed E-state index contributed by atoms with van der Waals surface area (Å²) < 4.78 is 13.7. The number of imidazole rings is 1. The molecule has 0 saturated heterocycles. The molecule has 0 aliphatic rings. The van der Waals surface area contributed by atoms with E-state index in [1.165, 1.54) is 0 Å². The molecule has 1 heterocycles. The second-order valence-electron chi connectivity index (χ2n) is 6.50. The van der Waals surface area contributed by atoms with E-state index in [9.17, 15) is 4.79 Å². The van der Waals surface area contributed by atoms with Crippen molar-refractivity contribution in [3.05, 3.63) is 75.2 Å². The van der Waals surface area contributed by atoms with Gasteiger partial charge in [-0.25, -0.2) is 4.98 Å². The molecule has 0 bridgehead atoms. The number of hydrogen-bond donors (Lipinski definition) is 1. The van der Waals surface area contributed by atoms with Gasteiger partial charge in [0.2, 0.25) is 0 Å². The van der Waals surface area contributed by atoms with Crippen molar-refractivity contribution in [3.63, 3.8) is 0 Å². The Morgan fingerprint density at radius 3 is 2.79 bits per heavy atom. The van der Waals surface area contributed by atoms with Crippen LogP contribution in [0, 0.1) is 6.92 Å². The standard InChI is InChI=1S/C21H21BrClN3O3/c1-13-9-15(22)11-17(23)20(13)29-12-18(27)25-19(21-24-7-8-26(21)2)14-5-4-6-16(10-14)28-3/h4-11,19H,12H2,1-3H3,(H,25,27)/t19-/m1/s1. The smallest absolute Gasteiger partial charge is 0.258 e. The van der Waals surface area contributed by atoms with Crippen LogP contribution in [0.5, 0.6) is 11.5 Å². The number of aryl methyl sites for hydroxylation is 2. The summed E-state index contributed by atoms with van der Waals surface area (Å²) in [5, 5.41) is 3.44. The van der Waals surface area contributed by atoms with Crippen molar-refractivity contribution in [3.8, 4) is 11.5 Å². The average Bonchev–Trinajstić information content (AvgIpc) is 3.11. The summed E-state index contributed by atoms with van der Waals surface area (Å²) >= 11 is 9.63. The number of halogens is 2. The molecule has 8 heteroatoms. The first-order valence-corrected chi connectivity index (χ1v) is 10.0. The van der Waals surface area contributed by atoms with Crippen molar-refractivity contribution in [2.45, 2.75) is 13.0 Å². The van der Waals surface area contributed by atoms with Crippen molar-refractivity contribution in [2.24, 2.45) is 7.05 Å². The Morgan fingerprint density at radius 1 is 1.34 bits per heavy atom. The molecule has 1 atom stereocenters. The number of methoxy groups -OCH3 is 1. The molecule has 0 aliphatic heterocycles. The lowest BCUT2D eigenvalue weighted by Gasteiger charge is -2.20. The van der Waals surface area contributed by atoms with E-state index in [-0.39, 0.29) is 12.5 Å². The Morgan fingerprint density at radius 2 is 2.14 bits per heavy atom. The quantitative estimate of drug-likeness (QED) is 0.545. The van der Waals surface area contributed by atoms with Gasteiger partial charge in [0, 0.05) is 23.9 Å². The monoisotopic (exact) mass is 477 g/mol. The van der Waals surface area contributed by atoms with Crippen LogP contribution in [0.4, 0.5) is 0 Å². The summed E-state index contributed by atoms with van der Waals surface area (Å²) in [4.78, 5) is 17.1. The minimum atomic E-state index is -0.456. The van der Waals surface area contributed by atoms with Gasteiger partial charge in [-0.05, 0) is 42.3 Å². The third-order valence-corrected chi connectivity index (χ3v) is 5.13. The molecule has 152 valence electrons. The summed E-state index contributed by atoms with van der Waals surface area (Å²) in [5.74, 6) is 1.59. The predicted molar refractivity (Wildman–Crippen MR) is 116 cm³/mol. The maximum absolute atomic E-state index is 12.7. The Kier molecular flexibility index (Phi) is 6.82. The first kappa shape index (κ1) is 21.2. The van der Waals surface area contributed by atoms with Gasteiger partial charge in [-0.15, -0.1) is 0 Å². The van der Waals surface area contributed by atoms with Crippen molar-refractivity contribution >= 4 is 33.4 Å². The Hall–Kier alpha value is -2.51. The number of carbonyl (C=O) groups excluding carboxylic acids is 1. The van der Waals surface area contributed by atoms with Crippen LogP contribution in [0.2, 0.25) is 5.02 Å². The molecular weight excluding hydrogens is 458 g/mol. The topological polar surface area (TPSA) is 65.4 Å². The van der Waals surface area contributed by atoms with Gasteiger partial charge in [0.05, 0.1) is 12.1 Å². The summed E-state index contributed by atoms with van der Waals surface area (Å²) in [5.41, 5.74) is 1.69. The average molecular weight is 479 g/mol. The second kappa shape index (κ2) is 9.33. The van der Waals surface area contributed by atoms with Gasteiger partial charge >= 0.3 is 0 Å². The largest absolute Gasteiger partial charge is 0.497 e. The molecule has 0 saturated carbocycles.